The Kier molecular flexibility index (Phi) is 6.99. The molecule has 0 bridgehead atoms. The molecule has 0 amide bonds. The van der Waals surface area contributed by atoms with Crippen LogP contribution < -0.4 is 0 Å². The van der Waals surface area contributed by atoms with Gasteiger partial charge in [0.2, 0.25) is 0 Å². The molecule has 1 heterocycles. The Labute approximate surface area is 79.4 Å². The van der Waals surface area contributed by atoms with Crippen LogP contribution in [0.3, 0.4) is 0 Å². The molecule has 12 heavy (non-hydrogen) atoms. The van der Waals surface area contributed by atoms with Gasteiger partial charge in [-0.3, -0.25) is 0 Å². The van der Waals surface area contributed by atoms with Crippen molar-refractivity contribution in [2.24, 2.45) is 0 Å². The Bertz CT molecular complexity index is 177. The van der Waals surface area contributed by atoms with Crippen LogP contribution in [0.4, 0.5) is 0 Å². The average Bonchev–Trinajstić information content (AvgIpc) is 2.05. The summed E-state index contributed by atoms with van der Waals surface area (Å²) in [5.74, 6) is 4.00. The zero-order valence-corrected chi connectivity index (χ0v) is 6.93. The van der Waals surface area contributed by atoms with Gasteiger partial charge in [0.1, 0.15) is 0 Å². The summed E-state index contributed by atoms with van der Waals surface area (Å²) in [5, 5.41) is 0. The van der Waals surface area contributed by atoms with E-state index in [-0.39, 0.29) is 0 Å². The summed E-state index contributed by atoms with van der Waals surface area (Å²) >= 11 is 0. The molecular weight excluding hydrogens is 132 g/mol. The average molecular weight is 134 g/mol. The fourth-order valence-electron chi connectivity index (χ4n) is 0.770. The summed E-state index contributed by atoms with van der Waals surface area (Å²) in [4.78, 5) is 0. The summed E-state index contributed by atoms with van der Waals surface area (Å²) < 4.78 is 0. The molecule has 0 radical (unpaired) electrons. The fraction of sp³-hybridized carbons (Fsp3) is 0. The number of rotatable bonds is 0. The monoisotopic (exact) mass is 136 g/mol. The molecule has 10 heteroatoms. The normalized spacial score (nSPS) is 9.33. The second kappa shape index (κ2) is 8.01. The van der Waals surface area contributed by atoms with Crippen molar-refractivity contribution in [3.8, 4) is 0 Å². The minimum atomic E-state index is 2.00. The van der Waals surface area contributed by atoms with Crippen LogP contribution in [0.1, 0.15) is 0 Å². The minimum absolute atomic E-state index is 2.00. The summed E-state index contributed by atoms with van der Waals surface area (Å²) in [6, 6.07) is 0. The van der Waals surface area contributed by atoms with Gasteiger partial charge in [-0.05, 0) is 0 Å². The van der Waals surface area contributed by atoms with Crippen molar-refractivity contribution < 1.29 is 0 Å². The topological polar surface area (TPSA) is 0 Å². The van der Waals surface area contributed by atoms with E-state index in [1.807, 2.05) is 79.1 Å². The van der Waals surface area contributed by atoms with E-state index in [2.05, 4.69) is 0 Å². The molecule has 0 N–H and O–H groups in total. The van der Waals surface area contributed by atoms with E-state index in [1.54, 1.807) is 0 Å². The molecule has 0 aromatic heterocycles. The molecule has 0 fully saturated rings. The second-order valence-electron chi connectivity index (χ2n) is 2.31. The summed E-state index contributed by atoms with van der Waals surface area (Å²) in [6.07, 6.45) is 0. The van der Waals surface area contributed by atoms with Gasteiger partial charge >= 0.3 is 79.1 Å². The first kappa shape index (κ1) is 10.5. The maximum absolute atomic E-state index is 2.00. The van der Waals surface area contributed by atoms with Crippen molar-refractivity contribution in [2.45, 2.75) is 0 Å². The van der Waals surface area contributed by atoms with Crippen molar-refractivity contribution in [1.29, 1.82) is 0 Å². The molecule has 0 spiro atoms. The van der Waals surface area contributed by atoms with Gasteiger partial charge < -0.3 is 0 Å². The quantitative estimate of drug-likeness (QED) is 0.305. The molecule has 0 atom stereocenters. The molecule has 40 valence electrons. The maximum atomic E-state index is 2.00. The molecule has 0 saturated carbocycles. The van der Waals surface area contributed by atoms with E-state index in [0.29, 0.717) is 0 Å². The van der Waals surface area contributed by atoms with Crippen molar-refractivity contribution in [1.82, 2.24) is 0 Å². The molecule has 0 saturated heterocycles. The van der Waals surface area contributed by atoms with Gasteiger partial charge in [-0.1, -0.05) is 0 Å². The Morgan fingerprint density at radius 1 is 0.417 bits per heavy atom. The number of hydrogen-bond acceptors (Lipinski definition) is 0. The van der Waals surface area contributed by atoms with Gasteiger partial charge in [-0.15, -0.1) is 0 Å². The van der Waals surface area contributed by atoms with Gasteiger partial charge in [-0.25, -0.2) is 0 Å². The zero-order chi connectivity index (χ0) is 8.49. The van der Waals surface area contributed by atoms with E-state index in [0.717, 1.165) is 0 Å². The van der Waals surface area contributed by atoms with Crippen LogP contribution in [0.2, 0.25) is 0 Å². The van der Waals surface area contributed by atoms with Gasteiger partial charge in [0.25, 0.3) is 0 Å². The molecule has 0 unspecified atom stereocenters. The van der Waals surface area contributed by atoms with Gasteiger partial charge in [0.05, 0.1) is 0 Å². The Morgan fingerprint density at radius 2 is 0.750 bits per heavy atom. The van der Waals surface area contributed by atoms with Crippen molar-refractivity contribution in [2.75, 3.05) is 0 Å². The summed E-state index contributed by atoms with van der Waals surface area (Å²) in [5.41, 5.74) is 0. The predicted molar refractivity (Wildman–Crippen MR) is 66.7 cm³/mol. The van der Waals surface area contributed by atoms with Gasteiger partial charge in [0.15, 0.2) is 0 Å². The van der Waals surface area contributed by atoms with E-state index in [4.69, 9.17) is 0 Å². The third-order valence-corrected chi connectivity index (χ3v) is 1.33. The third-order valence-electron chi connectivity index (χ3n) is 1.33. The first-order valence-electron chi connectivity index (χ1n) is 4.00. The van der Waals surface area contributed by atoms with E-state index in [1.165, 1.54) is 0 Å². The van der Waals surface area contributed by atoms with Crippen LogP contribution in [0.25, 0.3) is 0 Å². The van der Waals surface area contributed by atoms with E-state index in [9.17, 15) is 0 Å². The Balaban J connectivity index is 2.67. The zero-order valence-electron chi connectivity index (χ0n) is 6.93. The molecule has 1 aliphatic rings. The van der Waals surface area contributed by atoms with Crippen molar-refractivity contribution in [3.63, 3.8) is 0 Å². The third kappa shape index (κ3) is 5.97. The summed E-state index contributed by atoms with van der Waals surface area (Å²) in [6.45, 7) is 20.0. The van der Waals surface area contributed by atoms with Crippen LogP contribution in [0.15, 0.2) is 12.0 Å². The Morgan fingerprint density at radius 3 is 1.17 bits per heavy atom. The molecule has 0 aromatic carbocycles. The molecule has 0 aromatic rings. The van der Waals surface area contributed by atoms with E-state index >= 15 is 0 Å². The SMILES string of the molecule is B1=BB=BB=BC=CB=BB=B1. The molecular formula is C2H2B10. The van der Waals surface area contributed by atoms with Crippen LogP contribution in [0.5, 0.6) is 0 Å². The molecule has 0 aliphatic carbocycles. The molecule has 1 rings (SSSR count). The predicted octanol–water partition coefficient (Wildman–Crippen LogP) is -3.25. The van der Waals surface area contributed by atoms with Gasteiger partial charge in [0, 0.05) is 0 Å². The molecule has 0 nitrogen and oxygen atoms in total. The van der Waals surface area contributed by atoms with Gasteiger partial charge in [-0.2, -0.15) is 0 Å². The first-order chi connectivity index (χ1) is 6.00. The van der Waals surface area contributed by atoms with Crippen LogP contribution >= 0.6 is 0 Å². The Hall–Kier alpha value is 0.389. The van der Waals surface area contributed by atoms with Crippen LogP contribution in [-0.2, 0) is 0 Å². The fourth-order valence-corrected chi connectivity index (χ4v) is 0.770. The van der Waals surface area contributed by atoms with Crippen LogP contribution in [0, 0.1) is 0 Å². The van der Waals surface area contributed by atoms with Crippen molar-refractivity contribution >= 4 is 67.1 Å². The first-order valence-corrected chi connectivity index (χ1v) is 4.00. The van der Waals surface area contributed by atoms with Crippen LogP contribution in [-0.4, -0.2) is 67.1 Å². The van der Waals surface area contributed by atoms with Crippen molar-refractivity contribution in [3.05, 3.63) is 12.0 Å². The van der Waals surface area contributed by atoms with E-state index < -0.39 is 0 Å². The standard InChI is InChI=1S/C2H2B10/c1-2-4-6-8-10-12-11-9-7-5-3-1/h1-2H. The summed E-state index contributed by atoms with van der Waals surface area (Å²) in [7, 11) is 0. The second-order valence-corrected chi connectivity index (χ2v) is 2.31. The molecule has 1 aliphatic heterocycles. The number of hydrogen-bond donors (Lipinski definition) is 0.